The van der Waals surface area contributed by atoms with Crippen LogP contribution in [0.5, 0.6) is 0 Å². The molecule has 1 atom stereocenters. The summed E-state index contributed by atoms with van der Waals surface area (Å²) in [4.78, 5) is 24.5. The zero-order valence-corrected chi connectivity index (χ0v) is 9.18. The van der Waals surface area contributed by atoms with Gasteiger partial charge in [0, 0.05) is 17.1 Å². The molecule has 1 aromatic heterocycles. The molecule has 0 saturated carbocycles. The van der Waals surface area contributed by atoms with Crippen LogP contribution in [0.3, 0.4) is 0 Å². The molecular formula is C12H10FNO4. The van der Waals surface area contributed by atoms with Crippen LogP contribution in [0.1, 0.15) is 17.9 Å². The van der Waals surface area contributed by atoms with Crippen LogP contribution in [0.15, 0.2) is 24.4 Å². The van der Waals surface area contributed by atoms with E-state index in [1.807, 2.05) is 0 Å². The van der Waals surface area contributed by atoms with Crippen molar-refractivity contribution in [1.29, 1.82) is 0 Å². The summed E-state index contributed by atoms with van der Waals surface area (Å²) in [6, 6.07) is 4.30. The molecule has 5 nitrogen and oxygen atoms in total. The third-order valence-electron chi connectivity index (χ3n) is 2.74. The lowest BCUT2D eigenvalue weighted by Crippen LogP contribution is -2.15. The maximum Gasteiger partial charge on any atom is 0.311 e. The lowest BCUT2D eigenvalue weighted by molar-refractivity contribution is -0.145. The average Bonchev–Trinajstić information content (AvgIpc) is 2.70. The van der Waals surface area contributed by atoms with E-state index in [1.54, 1.807) is 6.07 Å². The average molecular weight is 251 g/mol. The molecule has 18 heavy (non-hydrogen) atoms. The Bertz CT molecular complexity index is 620. The van der Waals surface area contributed by atoms with Crippen LogP contribution in [-0.4, -0.2) is 27.1 Å². The van der Waals surface area contributed by atoms with Gasteiger partial charge in [-0.15, -0.1) is 0 Å². The minimum absolute atomic E-state index is 0.131. The quantitative estimate of drug-likeness (QED) is 0.774. The number of hydrogen-bond donors (Lipinski definition) is 3. The van der Waals surface area contributed by atoms with Crippen molar-refractivity contribution in [2.24, 2.45) is 0 Å². The highest BCUT2D eigenvalue weighted by Gasteiger charge is 2.26. The van der Waals surface area contributed by atoms with Gasteiger partial charge < -0.3 is 15.2 Å². The molecule has 0 amide bonds. The smallest absolute Gasteiger partial charge is 0.311 e. The van der Waals surface area contributed by atoms with Crippen LogP contribution in [0.2, 0.25) is 0 Å². The van der Waals surface area contributed by atoms with E-state index in [4.69, 9.17) is 10.2 Å². The molecular weight excluding hydrogens is 241 g/mol. The second kappa shape index (κ2) is 4.48. The van der Waals surface area contributed by atoms with E-state index in [-0.39, 0.29) is 10.9 Å². The molecule has 1 unspecified atom stereocenters. The van der Waals surface area contributed by atoms with Crippen LogP contribution in [0.4, 0.5) is 4.39 Å². The van der Waals surface area contributed by atoms with Crippen LogP contribution in [0.25, 0.3) is 10.9 Å². The number of aliphatic carboxylic acids is 2. The van der Waals surface area contributed by atoms with E-state index in [9.17, 15) is 14.0 Å². The van der Waals surface area contributed by atoms with Gasteiger partial charge in [0.2, 0.25) is 0 Å². The number of halogens is 1. The maximum absolute atomic E-state index is 13.7. The standard InChI is InChI=1S/C12H10FNO4/c13-8-2-1-3-9-11(8)7(5-14-9)6(12(17)18)4-10(15)16/h1-3,5-6,14H,4H2,(H,15,16)(H,17,18). The molecule has 2 rings (SSSR count). The van der Waals surface area contributed by atoms with E-state index in [0.29, 0.717) is 5.52 Å². The molecule has 0 radical (unpaired) electrons. The first-order valence-corrected chi connectivity index (χ1v) is 5.20. The number of aromatic amines is 1. The topological polar surface area (TPSA) is 90.4 Å². The predicted octanol–water partition coefficient (Wildman–Crippen LogP) is 1.95. The zero-order chi connectivity index (χ0) is 13.3. The van der Waals surface area contributed by atoms with Crippen molar-refractivity contribution in [2.75, 3.05) is 0 Å². The van der Waals surface area contributed by atoms with Crippen molar-refractivity contribution in [2.45, 2.75) is 12.3 Å². The summed E-state index contributed by atoms with van der Waals surface area (Å²) >= 11 is 0. The summed E-state index contributed by atoms with van der Waals surface area (Å²) in [6.45, 7) is 0. The number of nitrogens with one attached hydrogen (secondary N) is 1. The summed E-state index contributed by atoms with van der Waals surface area (Å²) in [7, 11) is 0. The Morgan fingerprint density at radius 3 is 2.67 bits per heavy atom. The Labute approximate surface area is 101 Å². The summed E-state index contributed by atoms with van der Waals surface area (Å²) in [6.07, 6.45) is 0.756. The lowest BCUT2D eigenvalue weighted by atomic mass is 9.95. The monoisotopic (exact) mass is 251 g/mol. The van der Waals surface area contributed by atoms with Gasteiger partial charge in [-0.05, 0) is 17.7 Å². The fourth-order valence-electron chi connectivity index (χ4n) is 1.95. The highest BCUT2D eigenvalue weighted by Crippen LogP contribution is 2.30. The van der Waals surface area contributed by atoms with Crippen LogP contribution < -0.4 is 0 Å². The molecule has 94 valence electrons. The van der Waals surface area contributed by atoms with Crippen molar-refractivity contribution in [3.63, 3.8) is 0 Å². The van der Waals surface area contributed by atoms with Crippen molar-refractivity contribution in [3.05, 3.63) is 35.8 Å². The fraction of sp³-hybridized carbons (Fsp3) is 0.167. The van der Waals surface area contributed by atoms with Crippen molar-refractivity contribution < 1.29 is 24.2 Å². The zero-order valence-electron chi connectivity index (χ0n) is 9.18. The van der Waals surface area contributed by atoms with Gasteiger partial charge in [-0.25, -0.2) is 4.39 Å². The van der Waals surface area contributed by atoms with Crippen molar-refractivity contribution >= 4 is 22.8 Å². The van der Waals surface area contributed by atoms with E-state index >= 15 is 0 Å². The highest BCUT2D eigenvalue weighted by atomic mass is 19.1. The minimum Gasteiger partial charge on any atom is -0.481 e. The maximum atomic E-state index is 13.7. The Kier molecular flexibility index (Phi) is 3.01. The summed E-state index contributed by atoms with van der Waals surface area (Å²) in [5, 5.41) is 17.9. The Balaban J connectivity index is 2.57. The molecule has 0 bridgehead atoms. The molecule has 0 spiro atoms. The van der Waals surface area contributed by atoms with Gasteiger partial charge in [0.05, 0.1) is 12.3 Å². The fourth-order valence-corrected chi connectivity index (χ4v) is 1.95. The summed E-state index contributed by atoms with van der Waals surface area (Å²) in [5.74, 6) is -4.37. The van der Waals surface area contributed by atoms with Crippen LogP contribution >= 0.6 is 0 Å². The molecule has 0 fully saturated rings. The number of carbonyl (C=O) groups is 2. The van der Waals surface area contributed by atoms with E-state index in [0.717, 1.165) is 0 Å². The molecule has 0 aliphatic heterocycles. The van der Waals surface area contributed by atoms with Crippen molar-refractivity contribution in [1.82, 2.24) is 4.98 Å². The molecule has 1 aromatic carbocycles. The van der Waals surface area contributed by atoms with Gasteiger partial charge in [0.25, 0.3) is 0 Å². The summed E-state index contributed by atoms with van der Waals surface area (Å²) < 4.78 is 13.7. The normalized spacial score (nSPS) is 12.5. The molecule has 0 saturated heterocycles. The molecule has 0 aliphatic rings. The Morgan fingerprint density at radius 1 is 1.33 bits per heavy atom. The van der Waals surface area contributed by atoms with Gasteiger partial charge in [-0.2, -0.15) is 0 Å². The Hall–Kier alpha value is -2.37. The number of carboxylic acids is 2. The minimum atomic E-state index is -1.29. The van der Waals surface area contributed by atoms with Gasteiger partial charge in [0.15, 0.2) is 0 Å². The largest absolute Gasteiger partial charge is 0.481 e. The van der Waals surface area contributed by atoms with E-state index in [2.05, 4.69) is 4.98 Å². The number of rotatable bonds is 4. The SMILES string of the molecule is O=C(O)CC(C(=O)O)c1c[nH]c2cccc(F)c12. The number of hydrogen-bond acceptors (Lipinski definition) is 2. The van der Waals surface area contributed by atoms with Crippen LogP contribution in [-0.2, 0) is 9.59 Å². The van der Waals surface area contributed by atoms with Crippen LogP contribution in [0, 0.1) is 5.82 Å². The van der Waals surface area contributed by atoms with Crippen molar-refractivity contribution in [3.8, 4) is 0 Å². The first-order valence-electron chi connectivity index (χ1n) is 5.20. The second-order valence-electron chi connectivity index (χ2n) is 3.90. The Morgan fingerprint density at radius 2 is 2.06 bits per heavy atom. The molecule has 1 heterocycles. The van der Waals surface area contributed by atoms with Gasteiger partial charge in [-0.1, -0.05) is 6.07 Å². The molecule has 3 N–H and O–H groups in total. The highest BCUT2D eigenvalue weighted by molar-refractivity contribution is 5.91. The predicted molar refractivity (Wildman–Crippen MR) is 60.9 cm³/mol. The van der Waals surface area contributed by atoms with Gasteiger partial charge in [0.1, 0.15) is 5.82 Å². The van der Waals surface area contributed by atoms with Gasteiger partial charge in [-0.3, -0.25) is 9.59 Å². The third-order valence-corrected chi connectivity index (χ3v) is 2.74. The molecule has 2 aromatic rings. The number of carboxylic acid groups (broad SMARTS) is 2. The third kappa shape index (κ3) is 2.04. The second-order valence-corrected chi connectivity index (χ2v) is 3.90. The van der Waals surface area contributed by atoms with E-state index < -0.39 is 30.1 Å². The first-order chi connectivity index (χ1) is 8.50. The number of fused-ring (bicyclic) bond motifs is 1. The molecule has 0 aliphatic carbocycles. The number of H-pyrrole nitrogens is 1. The van der Waals surface area contributed by atoms with E-state index in [1.165, 1.54) is 18.3 Å². The number of aromatic nitrogens is 1. The van der Waals surface area contributed by atoms with Gasteiger partial charge >= 0.3 is 11.9 Å². The number of benzene rings is 1. The first kappa shape index (κ1) is 12.1. The lowest BCUT2D eigenvalue weighted by Gasteiger charge is -2.08. The molecule has 6 heteroatoms. The summed E-state index contributed by atoms with van der Waals surface area (Å²) in [5.41, 5.74) is 0.597.